The van der Waals surface area contributed by atoms with Gasteiger partial charge in [0.15, 0.2) is 0 Å². The number of benzene rings is 1. The van der Waals surface area contributed by atoms with Crippen LogP contribution in [0.3, 0.4) is 0 Å². The molecule has 0 saturated carbocycles. The van der Waals surface area contributed by atoms with Crippen molar-refractivity contribution in [1.29, 1.82) is 0 Å². The van der Waals surface area contributed by atoms with Crippen LogP contribution in [0.15, 0.2) is 22.7 Å². The summed E-state index contributed by atoms with van der Waals surface area (Å²) in [6.45, 7) is 8.84. The maximum Gasteiger partial charge on any atom is 0.238 e. The minimum Gasteiger partial charge on any atom is -0.325 e. The summed E-state index contributed by atoms with van der Waals surface area (Å²) in [7, 11) is 0. The van der Waals surface area contributed by atoms with Gasteiger partial charge in [0.05, 0.1) is 6.54 Å². The quantitative estimate of drug-likeness (QED) is 0.833. The van der Waals surface area contributed by atoms with Crippen molar-refractivity contribution in [2.45, 2.75) is 19.4 Å². The monoisotopic (exact) mass is 380 g/mol. The zero-order valence-corrected chi connectivity index (χ0v) is 15.2. The number of hydrogen-bond acceptors (Lipinski definition) is 4. The Morgan fingerprint density at radius 3 is 2.78 bits per heavy atom. The van der Waals surface area contributed by atoms with Gasteiger partial charge in [0.2, 0.25) is 5.91 Å². The molecule has 2 heterocycles. The summed E-state index contributed by atoms with van der Waals surface area (Å²) in [5, 5.41) is 6.42. The Hall–Kier alpha value is -0.950. The van der Waals surface area contributed by atoms with Crippen LogP contribution in [0.1, 0.15) is 12.0 Å². The Bertz CT molecular complexity index is 552. The molecule has 0 aromatic heterocycles. The molecule has 23 heavy (non-hydrogen) atoms. The molecular weight excluding hydrogens is 356 g/mol. The second-order valence-corrected chi connectivity index (χ2v) is 7.33. The van der Waals surface area contributed by atoms with E-state index >= 15 is 0 Å². The van der Waals surface area contributed by atoms with Crippen LogP contribution in [0.4, 0.5) is 5.69 Å². The summed E-state index contributed by atoms with van der Waals surface area (Å²) in [6.07, 6.45) is 1.25. The highest BCUT2D eigenvalue weighted by atomic mass is 79.9. The summed E-state index contributed by atoms with van der Waals surface area (Å²) in [5.41, 5.74) is 1.99. The fraction of sp³-hybridized carbons (Fsp3) is 0.588. The number of hydrogen-bond donors (Lipinski definition) is 2. The highest BCUT2D eigenvalue weighted by molar-refractivity contribution is 9.10. The molecule has 2 fully saturated rings. The molecule has 2 aliphatic heterocycles. The summed E-state index contributed by atoms with van der Waals surface area (Å²) in [6, 6.07) is 6.59. The predicted molar refractivity (Wildman–Crippen MR) is 96.8 cm³/mol. The Kier molecular flexibility index (Phi) is 5.69. The van der Waals surface area contributed by atoms with E-state index < -0.39 is 0 Å². The van der Waals surface area contributed by atoms with Gasteiger partial charge in [0, 0.05) is 48.9 Å². The van der Waals surface area contributed by atoms with Gasteiger partial charge >= 0.3 is 0 Å². The summed E-state index contributed by atoms with van der Waals surface area (Å²) < 4.78 is 1.06. The summed E-state index contributed by atoms with van der Waals surface area (Å²) in [4.78, 5) is 17.0. The SMILES string of the molecule is Cc1cc(NC(=O)CN2CCN(C3CCNC3)CC2)ccc1Br. The lowest BCUT2D eigenvalue weighted by Crippen LogP contribution is -2.52. The van der Waals surface area contributed by atoms with Gasteiger partial charge in [-0.25, -0.2) is 0 Å². The van der Waals surface area contributed by atoms with E-state index in [0.29, 0.717) is 12.6 Å². The van der Waals surface area contributed by atoms with E-state index in [1.54, 1.807) is 0 Å². The summed E-state index contributed by atoms with van der Waals surface area (Å²) >= 11 is 3.48. The predicted octanol–water partition coefficient (Wildman–Crippen LogP) is 1.68. The van der Waals surface area contributed by atoms with E-state index in [0.717, 1.165) is 55.0 Å². The normalized spacial score (nSPS) is 23.1. The molecular formula is C17H25BrN4O. The van der Waals surface area contributed by atoms with Crippen molar-refractivity contribution in [2.75, 3.05) is 51.1 Å². The van der Waals surface area contributed by atoms with E-state index in [9.17, 15) is 4.79 Å². The van der Waals surface area contributed by atoms with E-state index in [2.05, 4.69) is 36.4 Å². The number of piperazine rings is 1. The molecule has 1 aromatic rings. The molecule has 2 saturated heterocycles. The fourth-order valence-corrected chi connectivity index (χ4v) is 3.61. The van der Waals surface area contributed by atoms with Crippen LogP contribution >= 0.6 is 15.9 Å². The molecule has 1 amide bonds. The number of amides is 1. The molecule has 126 valence electrons. The average molecular weight is 381 g/mol. The lowest BCUT2D eigenvalue weighted by Gasteiger charge is -2.37. The molecule has 0 spiro atoms. The Morgan fingerprint density at radius 2 is 2.13 bits per heavy atom. The van der Waals surface area contributed by atoms with Crippen molar-refractivity contribution < 1.29 is 4.79 Å². The smallest absolute Gasteiger partial charge is 0.238 e. The molecule has 0 bridgehead atoms. The Balaban J connectivity index is 1.44. The number of anilines is 1. The number of carbonyl (C=O) groups is 1. The van der Waals surface area contributed by atoms with Crippen molar-refractivity contribution in [2.24, 2.45) is 0 Å². The number of carbonyl (C=O) groups excluding carboxylic acids is 1. The van der Waals surface area contributed by atoms with Crippen LogP contribution < -0.4 is 10.6 Å². The number of nitrogens with zero attached hydrogens (tertiary/aromatic N) is 2. The van der Waals surface area contributed by atoms with Gasteiger partial charge in [-0.1, -0.05) is 15.9 Å². The van der Waals surface area contributed by atoms with Gasteiger partial charge in [0.1, 0.15) is 0 Å². The fourth-order valence-electron chi connectivity index (χ4n) is 3.36. The van der Waals surface area contributed by atoms with Gasteiger partial charge in [-0.05, 0) is 43.7 Å². The van der Waals surface area contributed by atoms with Gasteiger partial charge in [0.25, 0.3) is 0 Å². The van der Waals surface area contributed by atoms with Gasteiger partial charge in [-0.2, -0.15) is 0 Å². The van der Waals surface area contributed by atoms with E-state index in [1.807, 2.05) is 25.1 Å². The first-order valence-corrected chi connectivity index (χ1v) is 9.14. The Morgan fingerprint density at radius 1 is 1.35 bits per heavy atom. The van der Waals surface area contributed by atoms with Gasteiger partial charge < -0.3 is 10.6 Å². The molecule has 2 aliphatic rings. The van der Waals surface area contributed by atoms with Gasteiger partial charge in [-0.15, -0.1) is 0 Å². The lowest BCUT2D eigenvalue weighted by atomic mass is 10.2. The molecule has 0 radical (unpaired) electrons. The Labute approximate surface area is 146 Å². The first kappa shape index (κ1) is 16.9. The van der Waals surface area contributed by atoms with Crippen molar-refractivity contribution in [3.05, 3.63) is 28.2 Å². The summed E-state index contributed by atoms with van der Waals surface area (Å²) in [5.74, 6) is 0.0719. The number of rotatable bonds is 4. The minimum absolute atomic E-state index is 0.0719. The molecule has 6 heteroatoms. The molecule has 5 nitrogen and oxygen atoms in total. The van der Waals surface area contributed by atoms with E-state index in [1.165, 1.54) is 6.42 Å². The molecule has 0 aliphatic carbocycles. The zero-order chi connectivity index (χ0) is 16.2. The number of aryl methyl sites for hydroxylation is 1. The topological polar surface area (TPSA) is 47.6 Å². The van der Waals surface area contributed by atoms with Crippen molar-refractivity contribution in [1.82, 2.24) is 15.1 Å². The third-order valence-electron chi connectivity index (χ3n) is 4.77. The standard InChI is InChI=1S/C17H25BrN4O/c1-13-10-14(2-3-16(13)18)20-17(23)12-21-6-8-22(9-7-21)15-4-5-19-11-15/h2-3,10,15,19H,4-9,11-12H2,1H3,(H,20,23). The van der Waals surface area contributed by atoms with Crippen LogP contribution in [0.5, 0.6) is 0 Å². The highest BCUT2D eigenvalue weighted by Gasteiger charge is 2.26. The maximum atomic E-state index is 12.2. The van der Waals surface area contributed by atoms with E-state index in [-0.39, 0.29) is 5.91 Å². The molecule has 1 atom stereocenters. The van der Waals surface area contributed by atoms with E-state index in [4.69, 9.17) is 0 Å². The first-order valence-electron chi connectivity index (χ1n) is 8.35. The maximum absolute atomic E-state index is 12.2. The van der Waals surface area contributed by atoms with Crippen molar-refractivity contribution in [3.63, 3.8) is 0 Å². The molecule has 1 unspecified atom stereocenters. The molecule has 2 N–H and O–H groups in total. The second-order valence-electron chi connectivity index (χ2n) is 6.47. The second kappa shape index (κ2) is 7.75. The largest absolute Gasteiger partial charge is 0.325 e. The van der Waals surface area contributed by atoms with Crippen molar-refractivity contribution >= 4 is 27.5 Å². The lowest BCUT2D eigenvalue weighted by molar-refractivity contribution is -0.117. The molecule has 1 aromatic carbocycles. The molecule has 3 rings (SSSR count). The van der Waals surface area contributed by atoms with Crippen LogP contribution in [0, 0.1) is 6.92 Å². The third-order valence-corrected chi connectivity index (χ3v) is 5.66. The third kappa shape index (κ3) is 4.53. The number of nitrogens with one attached hydrogen (secondary N) is 2. The van der Waals surface area contributed by atoms with Crippen LogP contribution in [-0.2, 0) is 4.79 Å². The van der Waals surface area contributed by atoms with Crippen molar-refractivity contribution in [3.8, 4) is 0 Å². The zero-order valence-electron chi connectivity index (χ0n) is 13.6. The first-order chi connectivity index (χ1) is 11.1. The van der Waals surface area contributed by atoms with Crippen LogP contribution in [-0.4, -0.2) is 67.6 Å². The average Bonchev–Trinajstić information content (AvgIpc) is 3.06. The van der Waals surface area contributed by atoms with Gasteiger partial charge in [-0.3, -0.25) is 14.6 Å². The minimum atomic E-state index is 0.0719. The van der Waals surface area contributed by atoms with Crippen LogP contribution in [0.2, 0.25) is 0 Å². The number of halogens is 1. The van der Waals surface area contributed by atoms with Crippen LogP contribution in [0.25, 0.3) is 0 Å². The highest BCUT2D eigenvalue weighted by Crippen LogP contribution is 2.20.